The molecule has 0 aromatic heterocycles. The Balaban J connectivity index is 2.17. The van der Waals surface area contributed by atoms with Crippen LogP contribution >= 0.6 is 0 Å². The van der Waals surface area contributed by atoms with Crippen LogP contribution in [0.5, 0.6) is 0 Å². The number of nitrogens with one attached hydrogen (secondary N) is 1. The third kappa shape index (κ3) is 38.9. The zero-order valence-corrected chi connectivity index (χ0v) is 44.3. The number of unbranched alkanes of at least 4 members (excludes halogenated alkanes) is 28. The summed E-state index contributed by atoms with van der Waals surface area (Å²) in [5, 5.41) is 54.4. The maximum absolute atomic E-state index is 13.0. The van der Waals surface area contributed by atoms with Gasteiger partial charge in [0.1, 0.15) is 24.4 Å². The van der Waals surface area contributed by atoms with Crippen molar-refractivity contribution in [1.82, 2.24) is 5.32 Å². The summed E-state index contributed by atoms with van der Waals surface area (Å²) in [6.45, 7) is 3.67. The second-order valence-corrected chi connectivity index (χ2v) is 19.7. The van der Waals surface area contributed by atoms with E-state index in [-0.39, 0.29) is 12.5 Å². The van der Waals surface area contributed by atoms with Crippen LogP contribution in [0.4, 0.5) is 0 Å². The van der Waals surface area contributed by atoms with Crippen molar-refractivity contribution in [2.24, 2.45) is 0 Å². The van der Waals surface area contributed by atoms with Crippen LogP contribution in [0.1, 0.15) is 245 Å². The number of rotatable bonds is 48. The Kier molecular flexibility index (Phi) is 46.1. The molecule has 6 N–H and O–H groups in total. The van der Waals surface area contributed by atoms with Gasteiger partial charge in [-0.2, -0.15) is 0 Å². The van der Waals surface area contributed by atoms with Gasteiger partial charge in [0, 0.05) is 6.42 Å². The van der Waals surface area contributed by atoms with E-state index in [9.17, 15) is 30.3 Å². The van der Waals surface area contributed by atoms with Gasteiger partial charge in [-0.3, -0.25) is 4.79 Å². The number of hydrogen-bond acceptors (Lipinski definition) is 8. The highest BCUT2D eigenvalue weighted by Gasteiger charge is 2.44. The number of allylic oxidation sites excluding steroid dienone is 11. The van der Waals surface area contributed by atoms with Gasteiger partial charge in [-0.25, -0.2) is 0 Å². The van der Waals surface area contributed by atoms with Gasteiger partial charge < -0.3 is 40.3 Å². The number of aliphatic hydroxyl groups is 5. The van der Waals surface area contributed by atoms with Gasteiger partial charge in [-0.1, -0.05) is 247 Å². The van der Waals surface area contributed by atoms with Crippen molar-refractivity contribution in [3.8, 4) is 0 Å². The van der Waals surface area contributed by atoms with Crippen molar-refractivity contribution in [3.05, 3.63) is 72.9 Å². The van der Waals surface area contributed by atoms with E-state index in [0.717, 1.165) is 70.6 Å². The number of carbonyl (C=O) groups excluding carboxylic acids is 1. The average molecular weight is 971 g/mol. The lowest BCUT2D eigenvalue weighted by molar-refractivity contribution is -0.302. The van der Waals surface area contributed by atoms with Crippen LogP contribution in [0.2, 0.25) is 0 Å². The van der Waals surface area contributed by atoms with E-state index < -0.39 is 49.5 Å². The van der Waals surface area contributed by atoms with Crippen LogP contribution in [0.3, 0.4) is 0 Å². The fourth-order valence-corrected chi connectivity index (χ4v) is 8.77. The normalized spacial score (nSPS) is 20.0. The summed E-state index contributed by atoms with van der Waals surface area (Å²) in [4.78, 5) is 13.0. The van der Waals surface area contributed by atoms with Crippen LogP contribution in [-0.2, 0) is 14.3 Å². The van der Waals surface area contributed by atoms with Crippen LogP contribution in [-0.4, -0.2) is 87.5 Å². The van der Waals surface area contributed by atoms with Gasteiger partial charge in [0.25, 0.3) is 0 Å². The van der Waals surface area contributed by atoms with Gasteiger partial charge in [-0.15, -0.1) is 0 Å². The first kappa shape index (κ1) is 64.6. The number of hydrogen-bond donors (Lipinski definition) is 6. The molecule has 9 nitrogen and oxygen atoms in total. The first-order valence-corrected chi connectivity index (χ1v) is 28.7. The van der Waals surface area contributed by atoms with Crippen LogP contribution in [0, 0.1) is 0 Å². The molecule has 1 saturated heterocycles. The molecule has 0 bridgehead atoms. The Labute approximate surface area is 423 Å². The molecule has 0 aromatic rings. The van der Waals surface area contributed by atoms with E-state index in [4.69, 9.17) is 9.47 Å². The minimum atomic E-state index is -1.57. The Morgan fingerprint density at radius 2 is 0.899 bits per heavy atom. The van der Waals surface area contributed by atoms with E-state index in [0.29, 0.717) is 6.42 Å². The Hall–Kier alpha value is -2.37. The molecular formula is C60H107NO8. The summed E-state index contributed by atoms with van der Waals surface area (Å²) < 4.78 is 11.3. The lowest BCUT2D eigenvalue weighted by Gasteiger charge is -2.40. The highest BCUT2D eigenvalue weighted by Crippen LogP contribution is 2.23. The lowest BCUT2D eigenvalue weighted by Crippen LogP contribution is -2.60. The summed E-state index contributed by atoms with van der Waals surface area (Å²) in [6.07, 6.45) is 61.1. The number of amides is 1. The van der Waals surface area contributed by atoms with Gasteiger partial charge in [0.05, 0.1) is 25.4 Å². The molecular weight excluding hydrogens is 863 g/mol. The third-order valence-electron chi connectivity index (χ3n) is 13.3. The molecule has 7 unspecified atom stereocenters. The zero-order valence-electron chi connectivity index (χ0n) is 44.3. The van der Waals surface area contributed by atoms with Crippen molar-refractivity contribution in [2.45, 2.75) is 288 Å². The van der Waals surface area contributed by atoms with Gasteiger partial charge in [0.2, 0.25) is 5.91 Å². The topological polar surface area (TPSA) is 149 Å². The predicted molar refractivity (Wildman–Crippen MR) is 290 cm³/mol. The molecule has 1 heterocycles. The fourth-order valence-electron chi connectivity index (χ4n) is 8.77. The van der Waals surface area contributed by atoms with Crippen molar-refractivity contribution >= 4 is 5.91 Å². The largest absolute Gasteiger partial charge is 0.394 e. The van der Waals surface area contributed by atoms with Crippen LogP contribution in [0.25, 0.3) is 0 Å². The standard InChI is InChI=1S/C60H107NO8/c1-3-5-7-9-11-13-15-17-19-20-21-22-23-24-25-26-27-28-29-30-31-32-33-34-36-38-40-42-44-46-48-50-56(64)61-53(52-68-60-59(67)58(66)57(65)55(51-62)69-60)54(63)49-47-45-43-41-39-37-35-18-16-14-12-10-8-6-4-2/h5,7,11,13,17,19,21-22,24-25,47,49,53-55,57-60,62-63,65-67H,3-4,6,8-10,12,14-16,18,20,23,26-46,48,50-52H2,1-2H3,(H,61,64)/b7-5-,13-11-,19-17-,22-21-,25-24-,49-47+. The first-order valence-electron chi connectivity index (χ1n) is 28.7. The molecule has 1 rings (SSSR count). The highest BCUT2D eigenvalue weighted by atomic mass is 16.7. The molecule has 0 saturated carbocycles. The second-order valence-electron chi connectivity index (χ2n) is 19.7. The monoisotopic (exact) mass is 970 g/mol. The van der Waals surface area contributed by atoms with Crippen molar-refractivity contribution in [3.63, 3.8) is 0 Å². The molecule has 0 aliphatic carbocycles. The van der Waals surface area contributed by atoms with Crippen molar-refractivity contribution < 1.29 is 39.8 Å². The smallest absolute Gasteiger partial charge is 0.220 e. The number of carbonyl (C=O) groups is 1. The van der Waals surface area contributed by atoms with Gasteiger partial charge in [0.15, 0.2) is 6.29 Å². The second kappa shape index (κ2) is 49.2. The average Bonchev–Trinajstić information content (AvgIpc) is 3.35. The van der Waals surface area contributed by atoms with Crippen LogP contribution < -0.4 is 5.32 Å². The summed E-state index contributed by atoms with van der Waals surface area (Å²) in [5.74, 6) is -0.178. The van der Waals surface area contributed by atoms with E-state index >= 15 is 0 Å². The van der Waals surface area contributed by atoms with E-state index in [1.165, 1.54) is 154 Å². The molecule has 1 aliphatic heterocycles. The molecule has 1 fully saturated rings. The molecule has 400 valence electrons. The minimum absolute atomic E-state index is 0.178. The van der Waals surface area contributed by atoms with E-state index in [2.05, 4.69) is 79.9 Å². The molecule has 7 atom stereocenters. The first-order chi connectivity index (χ1) is 33.8. The quantitative estimate of drug-likeness (QED) is 0.0261. The Morgan fingerprint density at radius 3 is 1.33 bits per heavy atom. The van der Waals surface area contributed by atoms with Crippen LogP contribution in [0.15, 0.2) is 72.9 Å². The predicted octanol–water partition coefficient (Wildman–Crippen LogP) is 14.1. The number of aliphatic hydroxyl groups excluding tert-OH is 5. The van der Waals surface area contributed by atoms with Crippen molar-refractivity contribution in [2.75, 3.05) is 13.2 Å². The molecule has 0 aromatic carbocycles. The summed E-state index contributed by atoms with van der Waals surface area (Å²) >= 11 is 0. The molecule has 0 radical (unpaired) electrons. The minimum Gasteiger partial charge on any atom is -0.394 e. The molecule has 9 heteroatoms. The molecule has 0 spiro atoms. The van der Waals surface area contributed by atoms with Gasteiger partial charge in [-0.05, 0) is 64.2 Å². The highest BCUT2D eigenvalue weighted by molar-refractivity contribution is 5.76. The number of ether oxygens (including phenoxy) is 2. The lowest BCUT2D eigenvalue weighted by atomic mass is 9.99. The maximum atomic E-state index is 13.0. The Bertz CT molecular complexity index is 1310. The Morgan fingerprint density at radius 1 is 0.507 bits per heavy atom. The molecule has 69 heavy (non-hydrogen) atoms. The zero-order chi connectivity index (χ0) is 50.1. The van der Waals surface area contributed by atoms with Gasteiger partial charge >= 0.3 is 0 Å². The maximum Gasteiger partial charge on any atom is 0.220 e. The summed E-state index contributed by atoms with van der Waals surface area (Å²) in [5.41, 5.74) is 0. The van der Waals surface area contributed by atoms with E-state index in [1.54, 1.807) is 6.08 Å². The molecule has 1 amide bonds. The summed E-state index contributed by atoms with van der Waals surface area (Å²) in [7, 11) is 0. The summed E-state index contributed by atoms with van der Waals surface area (Å²) in [6, 6.07) is -0.807. The third-order valence-corrected chi connectivity index (χ3v) is 13.3. The molecule has 1 aliphatic rings. The van der Waals surface area contributed by atoms with Crippen molar-refractivity contribution in [1.29, 1.82) is 0 Å². The fraction of sp³-hybridized carbons (Fsp3) is 0.783. The SMILES string of the molecule is CC/C=C\C/C=C\C/C=C\C/C=C\C/C=C\CCCCCCCCCCCCCCCCCC(=O)NC(COC1OC(CO)C(O)C(O)C1O)C(O)/C=C/CCCCCCCCCCCCCCC. The van der Waals surface area contributed by atoms with E-state index in [1.807, 2.05) is 6.08 Å².